The summed E-state index contributed by atoms with van der Waals surface area (Å²) in [5, 5.41) is 11.1. The Morgan fingerprint density at radius 3 is 2.44 bits per heavy atom. The highest BCUT2D eigenvalue weighted by molar-refractivity contribution is 6.03. The van der Waals surface area contributed by atoms with Gasteiger partial charge < -0.3 is 23.8 Å². The van der Waals surface area contributed by atoms with E-state index in [0.717, 1.165) is 14.2 Å². The summed E-state index contributed by atoms with van der Waals surface area (Å²) in [5.41, 5.74) is -0.225. The molecule has 1 aliphatic rings. The molecule has 0 amide bonds. The first-order chi connectivity index (χ1) is 11.9. The van der Waals surface area contributed by atoms with Gasteiger partial charge in [0.2, 0.25) is 0 Å². The number of rotatable bonds is 5. The van der Waals surface area contributed by atoms with Crippen LogP contribution in [-0.2, 0) is 23.8 Å². The molecule has 25 heavy (non-hydrogen) atoms. The zero-order chi connectivity index (χ0) is 18.6. The molecule has 0 N–H and O–H groups in total. The Balaban J connectivity index is 2.66. The van der Waals surface area contributed by atoms with Crippen molar-refractivity contribution in [1.29, 1.82) is 0 Å². The van der Waals surface area contributed by atoms with E-state index in [-0.39, 0.29) is 41.7 Å². The Morgan fingerprint density at radius 2 is 1.88 bits per heavy atom. The number of nitrogens with zero attached hydrogens (tertiary/aromatic N) is 2. The van der Waals surface area contributed by atoms with Crippen LogP contribution in [0.4, 0.5) is 11.4 Å². The summed E-state index contributed by atoms with van der Waals surface area (Å²) in [6.45, 7) is -0.298. The third kappa shape index (κ3) is 3.53. The van der Waals surface area contributed by atoms with Gasteiger partial charge in [0.25, 0.3) is 5.69 Å². The topological polar surface area (TPSA) is 117 Å². The molecule has 0 aromatic heterocycles. The predicted octanol–water partition coefficient (Wildman–Crippen LogP) is 0.998. The number of carbonyl (C=O) groups is 2. The zero-order valence-electron chi connectivity index (χ0n) is 13.8. The fourth-order valence-electron chi connectivity index (χ4n) is 2.34. The van der Waals surface area contributed by atoms with E-state index >= 15 is 0 Å². The van der Waals surface area contributed by atoms with E-state index in [0.29, 0.717) is 0 Å². The molecule has 0 fully saturated rings. The molecule has 1 aromatic rings. The van der Waals surface area contributed by atoms with Crippen LogP contribution in [0.25, 0.3) is 0 Å². The molecule has 0 saturated carbocycles. The normalized spacial score (nSPS) is 14.1. The molecule has 2 rings (SSSR count). The molecule has 10 nitrogen and oxygen atoms in total. The lowest BCUT2D eigenvalue weighted by molar-refractivity contribution is -0.384. The number of ether oxygens (including phenoxy) is 4. The molecule has 0 radical (unpaired) electrons. The Kier molecular flexibility index (Phi) is 5.55. The average molecular weight is 352 g/mol. The van der Waals surface area contributed by atoms with E-state index in [1.165, 1.54) is 30.2 Å². The van der Waals surface area contributed by atoms with Crippen molar-refractivity contribution in [3.05, 3.63) is 39.6 Å². The zero-order valence-corrected chi connectivity index (χ0v) is 13.8. The van der Waals surface area contributed by atoms with Gasteiger partial charge in [-0.1, -0.05) is 0 Å². The van der Waals surface area contributed by atoms with Crippen LogP contribution in [0.3, 0.4) is 0 Å². The molecule has 0 bridgehead atoms. The number of carbonyl (C=O) groups excluding carboxylic acids is 2. The molecular formula is C15H16N2O8. The number of esters is 2. The molecule has 0 aliphatic carbocycles. The lowest BCUT2D eigenvalue weighted by Crippen LogP contribution is -2.39. The Morgan fingerprint density at radius 1 is 1.20 bits per heavy atom. The molecule has 0 spiro atoms. The van der Waals surface area contributed by atoms with Crippen molar-refractivity contribution in [3.63, 3.8) is 0 Å². The van der Waals surface area contributed by atoms with Gasteiger partial charge in [-0.3, -0.25) is 10.1 Å². The van der Waals surface area contributed by atoms with E-state index in [9.17, 15) is 19.7 Å². The number of nitro groups is 1. The summed E-state index contributed by atoms with van der Waals surface area (Å²) in [6, 6.07) is 3.86. The summed E-state index contributed by atoms with van der Waals surface area (Å²) in [6.07, 6.45) is 0. The van der Waals surface area contributed by atoms with Gasteiger partial charge in [0, 0.05) is 12.1 Å². The van der Waals surface area contributed by atoms with E-state index in [2.05, 4.69) is 4.74 Å². The molecule has 1 heterocycles. The smallest absolute Gasteiger partial charge is 0.355 e. The van der Waals surface area contributed by atoms with Gasteiger partial charge in [-0.25, -0.2) is 9.59 Å². The van der Waals surface area contributed by atoms with Gasteiger partial charge in [0.1, 0.15) is 18.2 Å². The van der Waals surface area contributed by atoms with Crippen LogP contribution in [0.5, 0.6) is 5.75 Å². The van der Waals surface area contributed by atoms with Crippen LogP contribution in [-0.4, -0.2) is 51.5 Å². The van der Waals surface area contributed by atoms with Crippen LogP contribution >= 0.6 is 0 Å². The lowest BCUT2D eigenvalue weighted by atomic mass is 10.1. The number of hydrogen-bond donors (Lipinski definition) is 0. The SMILES string of the molecule is COC(=O)C1=C(C(=O)OC)N(c2cc([N+](=O)[O-])ccc2OC)COC1. The van der Waals surface area contributed by atoms with Crippen molar-refractivity contribution in [2.75, 3.05) is 39.6 Å². The summed E-state index contributed by atoms with van der Waals surface area (Å²) < 4.78 is 19.9. The fraction of sp³-hybridized carbons (Fsp3) is 0.333. The Hall–Kier alpha value is -3.14. The van der Waals surface area contributed by atoms with Crippen LogP contribution < -0.4 is 9.64 Å². The third-order valence-electron chi connectivity index (χ3n) is 3.50. The average Bonchev–Trinajstić information content (AvgIpc) is 2.65. The maximum absolute atomic E-state index is 12.2. The highest BCUT2D eigenvalue weighted by atomic mass is 16.6. The largest absolute Gasteiger partial charge is 0.495 e. The molecule has 0 unspecified atom stereocenters. The van der Waals surface area contributed by atoms with Crippen molar-refractivity contribution >= 4 is 23.3 Å². The first-order valence-electron chi connectivity index (χ1n) is 7.02. The molecule has 1 aromatic carbocycles. The van der Waals surface area contributed by atoms with Crippen molar-refractivity contribution in [2.45, 2.75) is 0 Å². The molecular weight excluding hydrogens is 336 g/mol. The Labute approximate surface area is 142 Å². The monoisotopic (exact) mass is 352 g/mol. The van der Waals surface area contributed by atoms with Gasteiger partial charge in [0.05, 0.1) is 44.1 Å². The van der Waals surface area contributed by atoms with Crippen LogP contribution in [0.2, 0.25) is 0 Å². The minimum absolute atomic E-state index is 0.0610. The first-order valence-corrected chi connectivity index (χ1v) is 7.02. The van der Waals surface area contributed by atoms with Crippen molar-refractivity contribution in [3.8, 4) is 5.75 Å². The van der Waals surface area contributed by atoms with Gasteiger partial charge in [-0.15, -0.1) is 0 Å². The maximum atomic E-state index is 12.2. The standard InChI is InChI=1S/C15H16N2O8/c1-22-12-5-4-9(17(20)21)6-11(12)16-8-25-7-10(14(18)23-2)13(16)15(19)24-3/h4-6H,7-8H2,1-3H3. The summed E-state index contributed by atoms with van der Waals surface area (Å²) in [7, 11) is 3.69. The predicted molar refractivity (Wildman–Crippen MR) is 84.0 cm³/mol. The van der Waals surface area contributed by atoms with E-state index in [4.69, 9.17) is 14.2 Å². The molecule has 0 atom stereocenters. The van der Waals surface area contributed by atoms with Gasteiger partial charge in [-0.05, 0) is 6.07 Å². The van der Waals surface area contributed by atoms with Gasteiger partial charge in [0.15, 0.2) is 0 Å². The van der Waals surface area contributed by atoms with Crippen LogP contribution in [0.1, 0.15) is 0 Å². The molecule has 134 valence electrons. The lowest BCUT2D eigenvalue weighted by Gasteiger charge is -2.31. The van der Waals surface area contributed by atoms with Crippen molar-refractivity contribution in [2.24, 2.45) is 0 Å². The molecule has 0 saturated heterocycles. The highest BCUT2D eigenvalue weighted by Gasteiger charge is 2.34. The van der Waals surface area contributed by atoms with Crippen molar-refractivity contribution < 1.29 is 33.5 Å². The first kappa shape index (κ1) is 18.2. The van der Waals surface area contributed by atoms with Crippen LogP contribution in [0.15, 0.2) is 29.5 Å². The second-order valence-corrected chi connectivity index (χ2v) is 4.83. The second kappa shape index (κ2) is 7.62. The maximum Gasteiger partial charge on any atom is 0.355 e. The third-order valence-corrected chi connectivity index (χ3v) is 3.50. The second-order valence-electron chi connectivity index (χ2n) is 4.83. The minimum atomic E-state index is -0.808. The number of methoxy groups -OCH3 is 3. The van der Waals surface area contributed by atoms with Crippen molar-refractivity contribution in [1.82, 2.24) is 0 Å². The van der Waals surface area contributed by atoms with Gasteiger partial charge in [-0.2, -0.15) is 0 Å². The fourth-order valence-corrected chi connectivity index (χ4v) is 2.34. The quantitative estimate of drug-likeness (QED) is 0.434. The van der Waals surface area contributed by atoms with E-state index < -0.39 is 16.9 Å². The number of hydrogen-bond acceptors (Lipinski definition) is 9. The molecule has 10 heteroatoms. The summed E-state index contributed by atoms with van der Waals surface area (Å²) >= 11 is 0. The summed E-state index contributed by atoms with van der Waals surface area (Å²) in [5.74, 6) is -1.33. The van der Waals surface area contributed by atoms with E-state index in [1.54, 1.807) is 0 Å². The highest BCUT2D eigenvalue weighted by Crippen LogP contribution is 2.36. The molecule has 1 aliphatic heterocycles. The number of non-ortho nitro benzene ring substituents is 1. The number of benzene rings is 1. The Bertz CT molecular complexity index is 743. The summed E-state index contributed by atoms with van der Waals surface area (Å²) in [4.78, 5) is 36.0. The van der Waals surface area contributed by atoms with Gasteiger partial charge >= 0.3 is 11.9 Å². The number of anilines is 1. The van der Waals surface area contributed by atoms with E-state index in [1.807, 2.05) is 0 Å². The minimum Gasteiger partial charge on any atom is -0.495 e. The van der Waals surface area contributed by atoms with Crippen LogP contribution in [0, 0.1) is 10.1 Å². The number of nitro benzene ring substituents is 1.